The first-order valence-electron chi connectivity index (χ1n) is 10.4. The maximum Gasteiger partial charge on any atom is 0.203 e. The van der Waals surface area contributed by atoms with Crippen molar-refractivity contribution < 1.29 is 9.47 Å². The van der Waals surface area contributed by atoms with Gasteiger partial charge in [0, 0.05) is 24.7 Å². The highest BCUT2D eigenvalue weighted by atomic mass is 32.1. The Morgan fingerprint density at radius 1 is 1.03 bits per heavy atom. The van der Waals surface area contributed by atoms with Crippen LogP contribution in [0, 0.1) is 4.77 Å². The fourth-order valence-corrected chi connectivity index (χ4v) is 4.49. The molecule has 2 aliphatic rings. The number of hydrogen-bond acceptors (Lipinski definition) is 5. The van der Waals surface area contributed by atoms with Crippen LogP contribution in [0.4, 0.5) is 0 Å². The van der Waals surface area contributed by atoms with E-state index in [-0.39, 0.29) is 0 Å². The summed E-state index contributed by atoms with van der Waals surface area (Å²) in [4.78, 5) is 2.39. The molecule has 0 bridgehead atoms. The zero-order valence-electron chi connectivity index (χ0n) is 17.4. The van der Waals surface area contributed by atoms with Crippen molar-refractivity contribution in [2.75, 3.05) is 20.8 Å². The number of para-hydroxylation sites is 1. The monoisotopic (exact) mass is 422 g/mol. The topological polar surface area (TPSA) is 44.5 Å². The highest BCUT2D eigenvalue weighted by Gasteiger charge is 2.31. The maximum absolute atomic E-state index is 5.86. The lowest BCUT2D eigenvalue weighted by Crippen LogP contribution is -2.33. The van der Waals surface area contributed by atoms with Crippen molar-refractivity contribution in [2.45, 2.75) is 38.4 Å². The minimum Gasteiger partial charge on any atom is -0.493 e. The first-order valence-corrected chi connectivity index (χ1v) is 10.8. The van der Waals surface area contributed by atoms with Crippen LogP contribution >= 0.6 is 12.2 Å². The zero-order valence-corrected chi connectivity index (χ0v) is 18.2. The molecule has 0 amide bonds. The number of ether oxygens (including phenoxy) is 2. The van der Waals surface area contributed by atoms with Gasteiger partial charge in [0.15, 0.2) is 11.5 Å². The lowest BCUT2D eigenvalue weighted by Gasteiger charge is -2.29. The minimum absolute atomic E-state index is 0.520. The molecule has 1 aromatic heterocycles. The van der Waals surface area contributed by atoms with Crippen LogP contribution in [0.2, 0.25) is 0 Å². The van der Waals surface area contributed by atoms with E-state index in [1.165, 1.54) is 24.0 Å². The average molecular weight is 423 g/mol. The summed E-state index contributed by atoms with van der Waals surface area (Å²) in [6.07, 6.45) is 3.35. The van der Waals surface area contributed by atoms with E-state index in [2.05, 4.69) is 33.7 Å². The number of nitrogens with zero attached hydrogens (tertiary/aromatic N) is 4. The second-order valence-electron chi connectivity index (χ2n) is 8.01. The Morgan fingerprint density at radius 2 is 1.73 bits per heavy atom. The molecule has 0 atom stereocenters. The Labute approximate surface area is 181 Å². The first-order chi connectivity index (χ1) is 14.7. The van der Waals surface area contributed by atoms with Crippen LogP contribution in [0.25, 0.3) is 5.69 Å². The molecule has 7 heteroatoms. The van der Waals surface area contributed by atoms with Crippen LogP contribution in [-0.2, 0) is 19.6 Å². The second-order valence-corrected chi connectivity index (χ2v) is 8.37. The summed E-state index contributed by atoms with van der Waals surface area (Å²) in [7, 11) is 3.36. The van der Waals surface area contributed by atoms with Crippen molar-refractivity contribution >= 4 is 12.2 Å². The van der Waals surface area contributed by atoms with Crippen molar-refractivity contribution in [3.8, 4) is 17.2 Å². The second kappa shape index (κ2) is 7.89. The number of benzene rings is 2. The standard InChI is InChI=1S/C23H26N4O2S/c1-28-20-12-17-10-11-25(14-18(17)13-21(20)29-2)15-26-23(30)27(19-6-4-3-5-7-19)22(24-26)16-8-9-16/h3-7,12-13,16H,8-11,14-15H2,1-2H3. The van der Waals surface area contributed by atoms with E-state index in [0.717, 1.165) is 47.3 Å². The number of aromatic nitrogens is 3. The van der Waals surface area contributed by atoms with Gasteiger partial charge in [0.1, 0.15) is 5.82 Å². The van der Waals surface area contributed by atoms with E-state index in [0.29, 0.717) is 12.6 Å². The van der Waals surface area contributed by atoms with Crippen molar-refractivity contribution in [1.82, 2.24) is 19.2 Å². The molecular formula is C23H26N4O2S. The zero-order chi connectivity index (χ0) is 20.7. The summed E-state index contributed by atoms with van der Waals surface area (Å²) in [5.41, 5.74) is 3.69. The van der Waals surface area contributed by atoms with Crippen LogP contribution in [0.1, 0.15) is 35.7 Å². The molecule has 6 nitrogen and oxygen atoms in total. The SMILES string of the molecule is COc1cc2c(cc1OC)CN(Cn1nc(C3CC3)n(-c3ccccc3)c1=S)CC2. The summed E-state index contributed by atoms with van der Waals surface area (Å²) in [6.45, 7) is 2.49. The van der Waals surface area contributed by atoms with Gasteiger partial charge in [-0.25, -0.2) is 4.68 Å². The van der Waals surface area contributed by atoms with E-state index >= 15 is 0 Å². The molecule has 30 heavy (non-hydrogen) atoms. The van der Waals surface area contributed by atoms with Gasteiger partial charge in [-0.3, -0.25) is 9.47 Å². The molecule has 1 fully saturated rings. The molecule has 2 aromatic carbocycles. The molecule has 1 saturated carbocycles. The molecule has 1 aliphatic heterocycles. The number of methoxy groups -OCH3 is 2. The van der Waals surface area contributed by atoms with Gasteiger partial charge in [0.2, 0.25) is 4.77 Å². The van der Waals surface area contributed by atoms with Gasteiger partial charge in [0.25, 0.3) is 0 Å². The largest absolute Gasteiger partial charge is 0.493 e. The molecular weight excluding hydrogens is 396 g/mol. The van der Waals surface area contributed by atoms with E-state index < -0.39 is 0 Å². The molecule has 5 rings (SSSR count). The highest BCUT2D eigenvalue weighted by Crippen LogP contribution is 2.40. The Hall–Kier alpha value is -2.64. The molecule has 1 aliphatic carbocycles. The molecule has 0 unspecified atom stereocenters. The average Bonchev–Trinajstić information content (AvgIpc) is 3.58. The fraction of sp³-hybridized carbons (Fsp3) is 0.391. The third kappa shape index (κ3) is 3.52. The quantitative estimate of drug-likeness (QED) is 0.554. The van der Waals surface area contributed by atoms with Gasteiger partial charge in [-0.2, -0.15) is 5.10 Å². The smallest absolute Gasteiger partial charge is 0.203 e. The van der Waals surface area contributed by atoms with E-state index in [1.54, 1.807) is 14.2 Å². The molecule has 0 radical (unpaired) electrons. The molecule has 2 heterocycles. The normalized spacial score (nSPS) is 16.3. The number of fused-ring (bicyclic) bond motifs is 1. The Morgan fingerprint density at radius 3 is 2.40 bits per heavy atom. The molecule has 3 aromatic rings. The van der Waals surface area contributed by atoms with Gasteiger partial charge in [-0.1, -0.05) is 18.2 Å². The van der Waals surface area contributed by atoms with Crippen molar-refractivity contribution in [2.24, 2.45) is 0 Å². The first kappa shape index (κ1) is 19.3. The Kier molecular flexibility index (Phi) is 5.08. The van der Waals surface area contributed by atoms with Gasteiger partial charge >= 0.3 is 0 Å². The van der Waals surface area contributed by atoms with Gasteiger partial charge < -0.3 is 9.47 Å². The third-order valence-electron chi connectivity index (χ3n) is 5.95. The summed E-state index contributed by atoms with van der Waals surface area (Å²) in [6, 6.07) is 14.5. The minimum atomic E-state index is 0.520. The number of rotatable bonds is 6. The lowest BCUT2D eigenvalue weighted by molar-refractivity contribution is 0.187. The van der Waals surface area contributed by atoms with E-state index in [9.17, 15) is 0 Å². The van der Waals surface area contributed by atoms with Gasteiger partial charge in [0.05, 0.1) is 20.9 Å². The van der Waals surface area contributed by atoms with Crippen LogP contribution in [0.15, 0.2) is 42.5 Å². The molecule has 0 N–H and O–H groups in total. The predicted octanol–water partition coefficient (Wildman–Crippen LogP) is 4.31. The Balaban J connectivity index is 1.43. The molecule has 0 saturated heterocycles. The predicted molar refractivity (Wildman–Crippen MR) is 118 cm³/mol. The van der Waals surface area contributed by atoms with Gasteiger partial charge in [-0.15, -0.1) is 0 Å². The number of hydrogen-bond donors (Lipinski definition) is 0. The van der Waals surface area contributed by atoms with Crippen LogP contribution in [0.3, 0.4) is 0 Å². The van der Waals surface area contributed by atoms with Crippen LogP contribution < -0.4 is 9.47 Å². The fourth-order valence-electron chi connectivity index (χ4n) is 4.19. The van der Waals surface area contributed by atoms with E-state index in [1.807, 2.05) is 22.9 Å². The molecule has 0 spiro atoms. The third-order valence-corrected chi connectivity index (χ3v) is 6.35. The van der Waals surface area contributed by atoms with E-state index in [4.69, 9.17) is 26.8 Å². The van der Waals surface area contributed by atoms with Crippen molar-refractivity contribution in [3.63, 3.8) is 0 Å². The van der Waals surface area contributed by atoms with Crippen molar-refractivity contribution in [1.29, 1.82) is 0 Å². The highest BCUT2D eigenvalue weighted by molar-refractivity contribution is 7.71. The summed E-state index contributed by atoms with van der Waals surface area (Å²) in [5.74, 6) is 3.18. The summed E-state index contributed by atoms with van der Waals surface area (Å²) in [5, 5.41) is 4.95. The summed E-state index contributed by atoms with van der Waals surface area (Å²) >= 11 is 5.86. The van der Waals surface area contributed by atoms with Crippen molar-refractivity contribution in [3.05, 3.63) is 64.2 Å². The molecule has 156 valence electrons. The van der Waals surface area contributed by atoms with Crippen LogP contribution in [0.5, 0.6) is 11.5 Å². The maximum atomic E-state index is 5.86. The van der Waals surface area contributed by atoms with Crippen LogP contribution in [-0.4, -0.2) is 40.0 Å². The Bertz CT molecular complexity index is 1120. The summed E-state index contributed by atoms with van der Waals surface area (Å²) < 4.78 is 15.9. The lowest BCUT2D eigenvalue weighted by atomic mass is 9.99. The van der Waals surface area contributed by atoms with Gasteiger partial charge in [-0.05, 0) is 66.9 Å².